The first-order chi connectivity index (χ1) is 23.4. The van der Waals surface area contributed by atoms with Crippen LogP contribution in [0.15, 0.2) is 164 Å². The Labute approximate surface area is 275 Å². The maximum absolute atomic E-state index is 6.04. The fraction of sp³-hybridized carbons (Fsp3) is 0.0455. The number of fused-ring (bicyclic) bond motifs is 6. The summed E-state index contributed by atoms with van der Waals surface area (Å²) in [6, 6.07) is 59.3. The summed E-state index contributed by atoms with van der Waals surface area (Å²) in [5, 5.41) is 7.38. The van der Waals surface area contributed by atoms with Crippen LogP contribution in [0.3, 0.4) is 0 Å². The third-order valence-electron chi connectivity index (χ3n) is 9.44. The smallest absolute Gasteiger partial charge is 0.405 e. The molecule has 1 heterocycles. The fourth-order valence-corrected chi connectivity index (χ4v) is 7.50. The molecule has 1 saturated heterocycles. The minimum absolute atomic E-state index is 0.369. The van der Waals surface area contributed by atoms with Crippen molar-refractivity contribution in [1.82, 2.24) is 0 Å². The minimum atomic E-state index is -0.369. The van der Waals surface area contributed by atoms with E-state index >= 15 is 0 Å². The van der Waals surface area contributed by atoms with Crippen molar-refractivity contribution in [1.29, 1.82) is 0 Å². The van der Waals surface area contributed by atoms with E-state index in [0.717, 1.165) is 5.46 Å². The van der Waals surface area contributed by atoms with Crippen LogP contribution in [0, 0.1) is 0 Å². The van der Waals surface area contributed by atoms with Crippen LogP contribution in [0.1, 0.15) is 0 Å². The first-order valence-electron chi connectivity index (χ1n) is 16.3. The Balaban J connectivity index is 1.62. The molecule has 0 bridgehead atoms. The molecule has 3 heteroatoms. The van der Waals surface area contributed by atoms with Crippen molar-refractivity contribution in [2.24, 2.45) is 0 Å². The molecule has 0 aliphatic carbocycles. The average molecular weight is 603 g/mol. The van der Waals surface area contributed by atoms with E-state index in [0.29, 0.717) is 13.2 Å². The maximum Gasteiger partial charge on any atom is 0.494 e. The quantitative estimate of drug-likeness (QED) is 0.144. The zero-order chi connectivity index (χ0) is 31.2. The lowest BCUT2D eigenvalue weighted by atomic mass is 9.74. The van der Waals surface area contributed by atoms with Gasteiger partial charge in [-0.2, -0.15) is 0 Å². The first kappa shape index (κ1) is 27.8. The molecule has 0 amide bonds. The van der Waals surface area contributed by atoms with Crippen molar-refractivity contribution in [3.63, 3.8) is 0 Å². The van der Waals surface area contributed by atoms with E-state index in [4.69, 9.17) is 9.31 Å². The molecule has 0 saturated carbocycles. The Bertz CT molecular complexity index is 2380. The zero-order valence-electron chi connectivity index (χ0n) is 25.9. The van der Waals surface area contributed by atoms with E-state index in [9.17, 15) is 0 Å². The molecular weight excluding hydrogens is 571 g/mol. The van der Waals surface area contributed by atoms with Gasteiger partial charge in [0.1, 0.15) is 0 Å². The lowest BCUT2D eigenvalue weighted by Crippen LogP contribution is -2.31. The second-order valence-electron chi connectivity index (χ2n) is 12.1. The number of hydrogen-bond donors (Lipinski definition) is 0. The molecule has 1 aliphatic rings. The third-order valence-corrected chi connectivity index (χ3v) is 9.44. The number of benzene rings is 8. The Morgan fingerprint density at radius 1 is 0.340 bits per heavy atom. The van der Waals surface area contributed by atoms with Crippen molar-refractivity contribution in [3.05, 3.63) is 164 Å². The van der Waals surface area contributed by atoms with Crippen LogP contribution in [0.4, 0.5) is 0 Å². The molecule has 0 spiro atoms. The zero-order valence-corrected chi connectivity index (χ0v) is 25.9. The Morgan fingerprint density at radius 3 is 1.21 bits per heavy atom. The molecule has 0 radical (unpaired) electrons. The van der Waals surface area contributed by atoms with Gasteiger partial charge in [0.05, 0.1) is 13.2 Å². The molecule has 222 valence electrons. The van der Waals surface area contributed by atoms with Crippen LogP contribution in [-0.4, -0.2) is 20.3 Å². The van der Waals surface area contributed by atoms with Crippen LogP contribution in [0.5, 0.6) is 0 Å². The topological polar surface area (TPSA) is 18.5 Å². The molecule has 8 aromatic carbocycles. The van der Waals surface area contributed by atoms with Crippen molar-refractivity contribution >= 4 is 44.9 Å². The van der Waals surface area contributed by atoms with Crippen molar-refractivity contribution in [2.45, 2.75) is 0 Å². The standard InChI is InChI=1S/C44H31BO2/c1-5-15-30(16-6-1)39-40(31-17-7-2-8-18-31)42(33-21-11-4-12-22-33)44-38-29-34(45-46-27-28-47-45)25-26-36(38)35-23-13-14-24-37(35)43(44)41(39)32-19-9-3-10-20-32/h1-26,29H,27-28H2. The van der Waals surface area contributed by atoms with Gasteiger partial charge in [0.2, 0.25) is 0 Å². The molecule has 0 unspecified atom stereocenters. The van der Waals surface area contributed by atoms with E-state index in [1.54, 1.807) is 0 Å². The van der Waals surface area contributed by atoms with Gasteiger partial charge in [0.15, 0.2) is 0 Å². The van der Waals surface area contributed by atoms with Gasteiger partial charge in [0.25, 0.3) is 0 Å². The fourth-order valence-electron chi connectivity index (χ4n) is 7.50. The highest BCUT2D eigenvalue weighted by molar-refractivity contribution is 6.62. The number of rotatable bonds is 5. The van der Waals surface area contributed by atoms with Gasteiger partial charge in [0, 0.05) is 0 Å². The molecule has 0 N–H and O–H groups in total. The van der Waals surface area contributed by atoms with Gasteiger partial charge < -0.3 is 9.31 Å². The van der Waals surface area contributed by atoms with E-state index in [-0.39, 0.29) is 7.12 Å². The summed E-state index contributed by atoms with van der Waals surface area (Å²) in [4.78, 5) is 0. The summed E-state index contributed by atoms with van der Waals surface area (Å²) in [5.74, 6) is 0. The van der Waals surface area contributed by atoms with Crippen LogP contribution in [0.2, 0.25) is 0 Å². The van der Waals surface area contributed by atoms with E-state index in [1.165, 1.54) is 76.8 Å². The Morgan fingerprint density at radius 2 is 0.723 bits per heavy atom. The predicted molar refractivity (Wildman–Crippen MR) is 198 cm³/mol. The van der Waals surface area contributed by atoms with Crippen LogP contribution in [0.25, 0.3) is 76.8 Å². The number of hydrogen-bond acceptors (Lipinski definition) is 2. The lowest BCUT2D eigenvalue weighted by Gasteiger charge is -2.26. The highest BCUT2D eigenvalue weighted by Gasteiger charge is 2.29. The molecule has 1 aliphatic heterocycles. The second-order valence-corrected chi connectivity index (χ2v) is 12.1. The maximum atomic E-state index is 6.04. The molecule has 1 fully saturated rings. The van der Waals surface area contributed by atoms with Gasteiger partial charge in [-0.3, -0.25) is 0 Å². The average Bonchev–Trinajstić information content (AvgIpc) is 3.71. The summed E-state index contributed by atoms with van der Waals surface area (Å²) in [7, 11) is -0.369. The SMILES string of the molecule is c1ccc(-c2c(-c3ccccc3)c(-c3ccccc3)c3c4cc(B5OCCO5)ccc4c4ccccc4c3c2-c2ccccc2)cc1. The van der Waals surface area contributed by atoms with E-state index in [1.807, 2.05) is 0 Å². The highest BCUT2D eigenvalue weighted by atomic mass is 16.6. The first-order valence-corrected chi connectivity index (χ1v) is 16.3. The van der Waals surface area contributed by atoms with Gasteiger partial charge in [-0.1, -0.05) is 164 Å². The Hall–Kier alpha value is -5.48. The molecule has 8 aromatic rings. The van der Waals surface area contributed by atoms with Gasteiger partial charge >= 0.3 is 7.12 Å². The van der Waals surface area contributed by atoms with E-state index in [2.05, 4.69) is 164 Å². The summed E-state index contributed by atoms with van der Waals surface area (Å²) < 4.78 is 12.1. The third kappa shape index (κ3) is 4.67. The summed E-state index contributed by atoms with van der Waals surface area (Å²) in [6.45, 7) is 1.21. The monoisotopic (exact) mass is 602 g/mol. The second kappa shape index (κ2) is 11.7. The van der Waals surface area contributed by atoms with Crippen LogP contribution in [-0.2, 0) is 9.31 Å². The summed E-state index contributed by atoms with van der Waals surface area (Å²) in [5.41, 5.74) is 10.7. The van der Waals surface area contributed by atoms with Crippen molar-refractivity contribution < 1.29 is 9.31 Å². The summed E-state index contributed by atoms with van der Waals surface area (Å²) in [6.07, 6.45) is 0. The van der Waals surface area contributed by atoms with Crippen LogP contribution < -0.4 is 5.46 Å². The molecule has 47 heavy (non-hydrogen) atoms. The van der Waals surface area contributed by atoms with Gasteiger partial charge in [-0.05, 0) is 82.3 Å². The minimum Gasteiger partial charge on any atom is -0.405 e. The van der Waals surface area contributed by atoms with Crippen molar-refractivity contribution in [3.8, 4) is 44.5 Å². The normalized spacial score (nSPS) is 13.1. The predicted octanol–water partition coefficient (Wildman–Crippen LogP) is 10.6. The lowest BCUT2D eigenvalue weighted by molar-refractivity contribution is 0.365. The van der Waals surface area contributed by atoms with Gasteiger partial charge in [-0.25, -0.2) is 0 Å². The van der Waals surface area contributed by atoms with Crippen molar-refractivity contribution in [2.75, 3.05) is 13.2 Å². The molecular formula is C44H31BO2. The molecule has 9 rings (SSSR count). The van der Waals surface area contributed by atoms with E-state index < -0.39 is 0 Å². The van der Waals surface area contributed by atoms with Crippen LogP contribution >= 0.6 is 0 Å². The Kier molecular flexibility index (Phi) is 6.93. The van der Waals surface area contributed by atoms with Gasteiger partial charge in [-0.15, -0.1) is 0 Å². The summed E-state index contributed by atoms with van der Waals surface area (Å²) >= 11 is 0. The highest BCUT2D eigenvalue weighted by Crippen LogP contribution is 2.54. The molecule has 2 nitrogen and oxygen atoms in total. The molecule has 0 aromatic heterocycles. The molecule has 0 atom stereocenters. The largest absolute Gasteiger partial charge is 0.494 e.